The van der Waals surface area contributed by atoms with Crippen LogP contribution in [0.4, 0.5) is 0 Å². The van der Waals surface area contributed by atoms with Crippen molar-refractivity contribution in [3.05, 3.63) is 29.8 Å². The zero-order valence-electron chi connectivity index (χ0n) is 9.21. The van der Waals surface area contributed by atoms with E-state index < -0.39 is 12.1 Å². The van der Waals surface area contributed by atoms with Gasteiger partial charge in [-0.25, -0.2) is 4.79 Å². The molecule has 86 valence electrons. The van der Waals surface area contributed by atoms with E-state index in [4.69, 9.17) is 15.3 Å². The Bertz CT molecular complexity index is 468. The van der Waals surface area contributed by atoms with E-state index in [9.17, 15) is 4.79 Å². The van der Waals surface area contributed by atoms with E-state index in [1.165, 1.54) is 6.92 Å². The minimum Gasteiger partial charge on any atom is -0.479 e. The zero-order valence-corrected chi connectivity index (χ0v) is 9.21. The Labute approximate surface area is 98.8 Å². The summed E-state index contributed by atoms with van der Waals surface area (Å²) < 4.78 is 9.87. The molecule has 0 saturated heterocycles. The smallest absolute Gasteiger partial charge is 0.348 e. The Kier molecular flexibility index (Phi) is 4.53. The lowest BCUT2D eigenvalue weighted by Crippen LogP contribution is -2.26. The molecule has 0 aromatic heterocycles. The van der Waals surface area contributed by atoms with E-state index in [0.717, 1.165) is 0 Å². The maximum atomic E-state index is 11.3. The Morgan fingerprint density at radius 2 is 2.00 bits per heavy atom. The van der Waals surface area contributed by atoms with Crippen LogP contribution in [-0.2, 0) is 9.53 Å². The lowest BCUT2D eigenvalue weighted by atomic mass is 10.2. The van der Waals surface area contributed by atoms with Crippen molar-refractivity contribution in [3.63, 3.8) is 0 Å². The molecule has 0 fully saturated rings. The van der Waals surface area contributed by atoms with E-state index in [1.807, 2.05) is 6.07 Å². The first-order valence-electron chi connectivity index (χ1n) is 4.87. The first-order chi connectivity index (χ1) is 8.17. The van der Waals surface area contributed by atoms with Gasteiger partial charge in [0.1, 0.15) is 11.8 Å². The molecule has 1 aromatic carbocycles. The molecular weight excluding hydrogens is 220 g/mol. The standard InChI is InChI=1S/C12H10N2O3/c1-9(12(15)16-7-6-13)17-11-4-2-10(8-14)3-5-11/h2-5,9H,7H2,1H3/t9-/m0/s1. The number of ether oxygens (including phenoxy) is 2. The van der Waals surface area contributed by atoms with Gasteiger partial charge in [-0.2, -0.15) is 10.5 Å². The summed E-state index contributed by atoms with van der Waals surface area (Å²) in [5.74, 6) is -0.138. The van der Waals surface area contributed by atoms with E-state index >= 15 is 0 Å². The SMILES string of the molecule is C[C@H](Oc1ccc(C#N)cc1)C(=O)OCC#N. The summed E-state index contributed by atoms with van der Waals surface area (Å²) in [5, 5.41) is 16.8. The van der Waals surface area contributed by atoms with Crippen molar-refractivity contribution in [2.45, 2.75) is 13.0 Å². The summed E-state index contributed by atoms with van der Waals surface area (Å²) in [6, 6.07) is 10.0. The summed E-state index contributed by atoms with van der Waals surface area (Å²) in [4.78, 5) is 11.3. The van der Waals surface area contributed by atoms with Crippen LogP contribution >= 0.6 is 0 Å². The molecule has 0 aliphatic heterocycles. The van der Waals surface area contributed by atoms with Crippen molar-refractivity contribution < 1.29 is 14.3 Å². The van der Waals surface area contributed by atoms with Gasteiger partial charge in [0, 0.05) is 0 Å². The number of carbonyl (C=O) groups is 1. The fraction of sp³-hybridized carbons (Fsp3) is 0.250. The summed E-state index contributed by atoms with van der Waals surface area (Å²) in [5.41, 5.74) is 0.511. The number of hydrogen-bond donors (Lipinski definition) is 0. The molecule has 0 unspecified atom stereocenters. The van der Waals surface area contributed by atoms with Crippen molar-refractivity contribution in [3.8, 4) is 17.9 Å². The van der Waals surface area contributed by atoms with E-state index in [1.54, 1.807) is 30.3 Å². The third-order valence-electron chi connectivity index (χ3n) is 1.91. The van der Waals surface area contributed by atoms with E-state index in [2.05, 4.69) is 4.74 Å². The number of benzene rings is 1. The van der Waals surface area contributed by atoms with Gasteiger partial charge in [0.25, 0.3) is 0 Å². The monoisotopic (exact) mass is 230 g/mol. The van der Waals surface area contributed by atoms with Gasteiger partial charge in [0.2, 0.25) is 0 Å². The number of nitrogens with zero attached hydrogens (tertiary/aromatic N) is 2. The highest BCUT2D eigenvalue weighted by atomic mass is 16.6. The number of esters is 1. The molecule has 1 rings (SSSR count). The normalized spacial score (nSPS) is 10.8. The molecule has 1 aromatic rings. The molecule has 5 heteroatoms. The predicted octanol–water partition coefficient (Wildman–Crippen LogP) is 1.39. The van der Waals surface area contributed by atoms with Gasteiger partial charge in [-0.1, -0.05) is 0 Å². The van der Waals surface area contributed by atoms with Crippen LogP contribution in [0.25, 0.3) is 0 Å². The maximum absolute atomic E-state index is 11.3. The van der Waals surface area contributed by atoms with Gasteiger partial charge in [-0.3, -0.25) is 0 Å². The number of carbonyl (C=O) groups excluding carboxylic acids is 1. The molecule has 0 amide bonds. The summed E-state index contributed by atoms with van der Waals surface area (Å²) in [6.45, 7) is 1.23. The van der Waals surface area contributed by atoms with Crippen molar-refractivity contribution in [1.82, 2.24) is 0 Å². The Morgan fingerprint density at radius 3 is 2.53 bits per heavy atom. The molecule has 17 heavy (non-hydrogen) atoms. The Hall–Kier alpha value is -2.53. The molecule has 0 N–H and O–H groups in total. The molecule has 1 atom stereocenters. The summed E-state index contributed by atoms with van der Waals surface area (Å²) in [7, 11) is 0. The number of hydrogen-bond acceptors (Lipinski definition) is 5. The first kappa shape index (κ1) is 12.5. The van der Waals surface area contributed by atoms with Gasteiger partial charge in [0.05, 0.1) is 11.6 Å². The van der Waals surface area contributed by atoms with Crippen LogP contribution in [-0.4, -0.2) is 18.7 Å². The summed E-state index contributed by atoms with van der Waals surface area (Å²) in [6.07, 6.45) is -0.795. The molecule has 0 radical (unpaired) electrons. The van der Waals surface area contributed by atoms with Crippen LogP contribution in [0.15, 0.2) is 24.3 Å². The highest BCUT2D eigenvalue weighted by Gasteiger charge is 2.15. The van der Waals surface area contributed by atoms with Gasteiger partial charge < -0.3 is 9.47 Å². The van der Waals surface area contributed by atoms with Crippen LogP contribution in [0, 0.1) is 22.7 Å². The van der Waals surface area contributed by atoms with Gasteiger partial charge in [-0.15, -0.1) is 0 Å². The first-order valence-corrected chi connectivity index (χ1v) is 4.87. The Balaban J connectivity index is 2.56. The van der Waals surface area contributed by atoms with Crippen molar-refractivity contribution in [1.29, 1.82) is 10.5 Å². The number of rotatable bonds is 4. The minimum atomic E-state index is -0.795. The molecule has 0 aliphatic carbocycles. The predicted molar refractivity (Wildman–Crippen MR) is 57.8 cm³/mol. The topological polar surface area (TPSA) is 83.1 Å². The molecule has 0 aliphatic rings. The minimum absolute atomic E-state index is 0.292. The number of nitriles is 2. The fourth-order valence-electron chi connectivity index (χ4n) is 1.08. The highest BCUT2D eigenvalue weighted by Crippen LogP contribution is 2.13. The van der Waals surface area contributed by atoms with Crippen molar-refractivity contribution >= 4 is 5.97 Å². The fourth-order valence-corrected chi connectivity index (χ4v) is 1.08. The molecular formula is C12H10N2O3. The molecule has 0 saturated carbocycles. The molecule has 0 heterocycles. The quantitative estimate of drug-likeness (QED) is 0.730. The Morgan fingerprint density at radius 1 is 1.35 bits per heavy atom. The zero-order chi connectivity index (χ0) is 12.7. The van der Waals surface area contributed by atoms with E-state index in [-0.39, 0.29) is 6.61 Å². The average Bonchev–Trinajstić information content (AvgIpc) is 2.36. The summed E-state index contributed by atoms with van der Waals surface area (Å²) >= 11 is 0. The molecule has 5 nitrogen and oxygen atoms in total. The van der Waals surface area contributed by atoms with Crippen LogP contribution < -0.4 is 4.74 Å². The largest absolute Gasteiger partial charge is 0.479 e. The van der Waals surface area contributed by atoms with Gasteiger partial charge >= 0.3 is 5.97 Å². The second-order valence-electron chi connectivity index (χ2n) is 3.16. The third-order valence-corrected chi connectivity index (χ3v) is 1.91. The second kappa shape index (κ2) is 6.14. The van der Waals surface area contributed by atoms with Crippen LogP contribution in [0.3, 0.4) is 0 Å². The van der Waals surface area contributed by atoms with Gasteiger partial charge in [0.15, 0.2) is 12.7 Å². The third kappa shape index (κ3) is 3.84. The maximum Gasteiger partial charge on any atom is 0.348 e. The lowest BCUT2D eigenvalue weighted by molar-refractivity contribution is -0.149. The van der Waals surface area contributed by atoms with Gasteiger partial charge in [-0.05, 0) is 31.2 Å². The average molecular weight is 230 g/mol. The van der Waals surface area contributed by atoms with Crippen LogP contribution in [0.1, 0.15) is 12.5 Å². The van der Waals surface area contributed by atoms with Crippen LogP contribution in [0.2, 0.25) is 0 Å². The molecule has 0 spiro atoms. The highest BCUT2D eigenvalue weighted by molar-refractivity contribution is 5.74. The molecule has 0 bridgehead atoms. The lowest BCUT2D eigenvalue weighted by Gasteiger charge is -2.12. The van der Waals surface area contributed by atoms with Crippen LogP contribution in [0.5, 0.6) is 5.75 Å². The second-order valence-corrected chi connectivity index (χ2v) is 3.16. The van der Waals surface area contributed by atoms with E-state index in [0.29, 0.717) is 11.3 Å². The van der Waals surface area contributed by atoms with Crippen molar-refractivity contribution in [2.75, 3.05) is 6.61 Å². The van der Waals surface area contributed by atoms with Crippen molar-refractivity contribution in [2.24, 2.45) is 0 Å².